The van der Waals surface area contributed by atoms with Crippen LogP contribution in [-0.2, 0) is 0 Å². The van der Waals surface area contributed by atoms with Gasteiger partial charge in [-0.25, -0.2) is 4.79 Å². The van der Waals surface area contributed by atoms with Gasteiger partial charge in [0, 0.05) is 17.4 Å². The lowest BCUT2D eigenvalue weighted by atomic mass is 9.80. The van der Waals surface area contributed by atoms with E-state index in [-0.39, 0.29) is 12.1 Å². The number of carbonyl (C=O) groups excluding carboxylic acids is 1. The standard InChI is InChI=1S/C13H19N3O/c1-9(10-3-2-4-10)15-13(17)16-12-7-5-11(14)6-8-12/h5-10H,2-4,14H2,1H3,(H2,15,16,17). The number of hydrogen-bond acceptors (Lipinski definition) is 2. The van der Waals surface area contributed by atoms with Crippen LogP contribution in [-0.4, -0.2) is 12.1 Å². The summed E-state index contributed by atoms with van der Waals surface area (Å²) in [6.45, 7) is 2.06. The summed E-state index contributed by atoms with van der Waals surface area (Å²) in [4.78, 5) is 11.7. The van der Waals surface area contributed by atoms with E-state index in [1.54, 1.807) is 24.3 Å². The number of rotatable bonds is 3. The van der Waals surface area contributed by atoms with Crippen LogP contribution in [0.3, 0.4) is 0 Å². The first kappa shape index (κ1) is 11.8. The molecule has 1 aromatic rings. The highest BCUT2D eigenvalue weighted by Crippen LogP contribution is 2.29. The SMILES string of the molecule is CC(NC(=O)Nc1ccc(N)cc1)C1CCC1. The summed E-state index contributed by atoms with van der Waals surface area (Å²) in [5, 5.41) is 5.76. The van der Waals surface area contributed by atoms with Crippen LogP contribution in [0.4, 0.5) is 16.2 Å². The van der Waals surface area contributed by atoms with Crippen LogP contribution in [0.5, 0.6) is 0 Å². The Kier molecular flexibility index (Phi) is 3.52. The van der Waals surface area contributed by atoms with E-state index in [0.29, 0.717) is 11.6 Å². The number of carbonyl (C=O) groups is 1. The van der Waals surface area contributed by atoms with Crippen molar-refractivity contribution in [1.82, 2.24) is 5.32 Å². The smallest absolute Gasteiger partial charge is 0.319 e. The monoisotopic (exact) mass is 233 g/mol. The van der Waals surface area contributed by atoms with Crippen LogP contribution < -0.4 is 16.4 Å². The molecule has 4 nitrogen and oxygen atoms in total. The summed E-state index contributed by atoms with van der Waals surface area (Å²) in [5.41, 5.74) is 7.03. The summed E-state index contributed by atoms with van der Waals surface area (Å²) in [6.07, 6.45) is 3.74. The fourth-order valence-electron chi connectivity index (χ4n) is 2.00. The van der Waals surface area contributed by atoms with E-state index in [1.165, 1.54) is 19.3 Å². The minimum atomic E-state index is -0.144. The Morgan fingerprint density at radius 2 is 2.00 bits per heavy atom. The molecule has 1 saturated carbocycles. The Labute approximate surface area is 102 Å². The number of amides is 2. The second kappa shape index (κ2) is 5.08. The number of urea groups is 1. The van der Waals surface area contributed by atoms with Crippen molar-refractivity contribution >= 4 is 17.4 Å². The van der Waals surface area contributed by atoms with Gasteiger partial charge >= 0.3 is 6.03 Å². The summed E-state index contributed by atoms with van der Waals surface area (Å²) in [6, 6.07) is 7.23. The molecule has 0 saturated heterocycles. The normalized spacial score (nSPS) is 17.0. The highest BCUT2D eigenvalue weighted by molar-refractivity contribution is 5.89. The molecule has 0 aliphatic heterocycles. The Balaban J connectivity index is 1.82. The maximum Gasteiger partial charge on any atom is 0.319 e. The highest BCUT2D eigenvalue weighted by atomic mass is 16.2. The number of hydrogen-bond donors (Lipinski definition) is 3. The lowest BCUT2D eigenvalue weighted by molar-refractivity contribution is 0.222. The van der Waals surface area contributed by atoms with Crippen LogP contribution in [0.2, 0.25) is 0 Å². The van der Waals surface area contributed by atoms with Crippen LogP contribution in [0.25, 0.3) is 0 Å². The number of nitrogens with one attached hydrogen (secondary N) is 2. The number of nitrogens with two attached hydrogens (primary N) is 1. The molecule has 17 heavy (non-hydrogen) atoms. The van der Waals surface area contributed by atoms with Crippen LogP contribution >= 0.6 is 0 Å². The molecule has 1 fully saturated rings. The van der Waals surface area contributed by atoms with Gasteiger partial charge in [-0.3, -0.25) is 0 Å². The highest BCUT2D eigenvalue weighted by Gasteiger charge is 2.24. The quantitative estimate of drug-likeness (QED) is 0.702. The first-order chi connectivity index (χ1) is 8.15. The molecular weight excluding hydrogens is 214 g/mol. The molecule has 1 atom stereocenters. The largest absolute Gasteiger partial charge is 0.399 e. The zero-order valence-electron chi connectivity index (χ0n) is 10.1. The Morgan fingerprint density at radius 3 is 2.53 bits per heavy atom. The molecular formula is C13H19N3O. The molecule has 0 bridgehead atoms. The van der Waals surface area contributed by atoms with E-state index in [2.05, 4.69) is 17.6 Å². The van der Waals surface area contributed by atoms with Crippen LogP contribution in [0.15, 0.2) is 24.3 Å². The summed E-state index contributed by atoms with van der Waals surface area (Å²) < 4.78 is 0. The van der Waals surface area contributed by atoms with Gasteiger partial charge in [-0.1, -0.05) is 6.42 Å². The van der Waals surface area contributed by atoms with E-state index in [1.807, 2.05) is 0 Å². The van der Waals surface area contributed by atoms with Gasteiger partial charge in [-0.05, 0) is 49.9 Å². The fraction of sp³-hybridized carbons (Fsp3) is 0.462. The van der Waals surface area contributed by atoms with Gasteiger partial charge in [-0.15, -0.1) is 0 Å². The van der Waals surface area contributed by atoms with Gasteiger partial charge in [0.05, 0.1) is 0 Å². The lowest BCUT2D eigenvalue weighted by Gasteiger charge is -2.31. The molecule has 1 aliphatic carbocycles. The van der Waals surface area contributed by atoms with Crippen molar-refractivity contribution < 1.29 is 4.79 Å². The number of anilines is 2. The van der Waals surface area contributed by atoms with Crippen molar-refractivity contribution in [2.75, 3.05) is 11.1 Å². The minimum Gasteiger partial charge on any atom is -0.399 e. The van der Waals surface area contributed by atoms with Crippen molar-refractivity contribution in [3.05, 3.63) is 24.3 Å². The van der Waals surface area contributed by atoms with Crippen molar-refractivity contribution in [3.8, 4) is 0 Å². The first-order valence-electron chi connectivity index (χ1n) is 6.08. The average Bonchev–Trinajstić information content (AvgIpc) is 2.18. The topological polar surface area (TPSA) is 67.2 Å². The van der Waals surface area contributed by atoms with E-state index in [9.17, 15) is 4.79 Å². The third-order valence-electron chi connectivity index (χ3n) is 3.38. The number of nitrogen functional groups attached to an aromatic ring is 1. The summed E-state index contributed by atoms with van der Waals surface area (Å²) in [7, 11) is 0. The van der Waals surface area contributed by atoms with Crippen LogP contribution in [0.1, 0.15) is 26.2 Å². The average molecular weight is 233 g/mol. The third-order valence-corrected chi connectivity index (χ3v) is 3.38. The molecule has 2 rings (SSSR count). The molecule has 0 spiro atoms. The predicted molar refractivity (Wildman–Crippen MR) is 69.8 cm³/mol. The van der Waals surface area contributed by atoms with Crippen molar-refractivity contribution in [2.24, 2.45) is 5.92 Å². The van der Waals surface area contributed by atoms with Crippen molar-refractivity contribution in [1.29, 1.82) is 0 Å². The molecule has 0 aromatic heterocycles. The number of benzene rings is 1. The molecule has 1 aromatic carbocycles. The zero-order valence-corrected chi connectivity index (χ0v) is 10.1. The minimum absolute atomic E-state index is 0.144. The van der Waals surface area contributed by atoms with E-state index in [0.717, 1.165) is 5.69 Å². The lowest BCUT2D eigenvalue weighted by Crippen LogP contribution is -2.42. The second-order valence-corrected chi connectivity index (χ2v) is 4.70. The second-order valence-electron chi connectivity index (χ2n) is 4.70. The van der Waals surface area contributed by atoms with Crippen molar-refractivity contribution in [2.45, 2.75) is 32.2 Å². The van der Waals surface area contributed by atoms with Gasteiger partial charge < -0.3 is 16.4 Å². The predicted octanol–water partition coefficient (Wildman–Crippen LogP) is 2.58. The fourth-order valence-corrected chi connectivity index (χ4v) is 2.00. The van der Waals surface area contributed by atoms with Gasteiger partial charge in [0.15, 0.2) is 0 Å². The maximum atomic E-state index is 11.7. The van der Waals surface area contributed by atoms with E-state index < -0.39 is 0 Å². The summed E-state index contributed by atoms with van der Waals surface area (Å²) >= 11 is 0. The van der Waals surface area contributed by atoms with E-state index >= 15 is 0 Å². The first-order valence-corrected chi connectivity index (χ1v) is 6.08. The molecule has 4 N–H and O–H groups in total. The van der Waals surface area contributed by atoms with Crippen molar-refractivity contribution in [3.63, 3.8) is 0 Å². The van der Waals surface area contributed by atoms with Gasteiger partial charge in [-0.2, -0.15) is 0 Å². The Hall–Kier alpha value is -1.71. The Bertz CT molecular complexity index is 384. The van der Waals surface area contributed by atoms with Gasteiger partial charge in [0.2, 0.25) is 0 Å². The molecule has 4 heteroatoms. The maximum absolute atomic E-state index is 11.7. The zero-order chi connectivity index (χ0) is 12.3. The molecule has 0 radical (unpaired) electrons. The Morgan fingerprint density at radius 1 is 1.35 bits per heavy atom. The molecule has 1 unspecified atom stereocenters. The molecule has 1 aliphatic rings. The van der Waals surface area contributed by atoms with Gasteiger partial charge in [0.1, 0.15) is 0 Å². The van der Waals surface area contributed by atoms with E-state index in [4.69, 9.17) is 5.73 Å². The molecule has 2 amide bonds. The third kappa shape index (κ3) is 3.12. The summed E-state index contributed by atoms with van der Waals surface area (Å²) in [5.74, 6) is 0.646. The van der Waals surface area contributed by atoms with Crippen LogP contribution in [0, 0.1) is 5.92 Å². The van der Waals surface area contributed by atoms with Gasteiger partial charge in [0.25, 0.3) is 0 Å². The molecule has 92 valence electrons. The molecule has 0 heterocycles.